The van der Waals surface area contributed by atoms with Gasteiger partial charge < -0.3 is 20.9 Å². The van der Waals surface area contributed by atoms with Crippen LogP contribution in [0.15, 0.2) is 23.4 Å². The van der Waals surface area contributed by atoms with Crippen LogP contribution in [0.4, 0.5) is 0 Å². The lowest BCUT2D eigenvalue weighted by Crippen LogP contribution is -2.50. The summed E-state index contributed by atoms with van der Waals surface area (Å²) in [6, 6.07) is 4.44. The molecule has 1 aromatic rings. The quantitative estimate of drug-likeness (QED) is 0.329. The fourth-order valence-corrected chi connectivity index (χ4v) is 2.46. The first-order chi connectivity index (χ1) is 9.54. The highest BCUT2D eigenvalue weighted by atomic mass is 16.4. The molecule has 108 valence electrons. The van der Waals surface area contributed by atoms with E-state index in [1.165, 1.54) is 6.07 Å². The van der Waals surface area contributed by atoms with E-state index in [2.05, 4.69) is 5.16 Å². The van der Waals surface area contributed by atoms with Crippen molar-refractivity contribution in [2.24, 2.45) is 10.9 Å². The summed E-state index contributed by atoms with van der Waals surface area (Å²) in [6.45, 7) is 2.33. The lowest BCUT2D eigenvalue weighted by Gasteiger charge is -2.34. The maximum Gasteiger partial charge on any atom is 0.254 e. The smallest absolute Gasteiger partial charge is 0.254 e. The molecule has 0 saturated carbocycles. The van der Waals surface area contributed by atoms with Crippen LogP contribution in [0, 0.1) is 6.92 Å². The Bertz CT molecular complexity index is 542. The average molecular weight is 277 g/mol. The van der Waals surface area contributed by atoms with Crippen molar-refractivity contribution in [2.45, 2.75) is 32.2 Å². The molecule has 2 rings (SSSR count). The molecular formula is C14H19N3O3. The van der Waals surface area contributed by atoms with Gasteiger partial charge in [-0.05, 0) is 43.9 Å². The van der Waals surface area contributed by atoms with Crippen molar-refractivity contribution in [3.05, 3.63) is 29.3 Å². The van der Waals surface area contributed by atoms with Gasteiger partial charge in [0.15, 0.2) is 5.84 Å². The largest absolute Gasteiger partial charge is 0.508 e. The number of hydrogen-bond acceptors (Lipinski definition) is 4. The molecule has 0 radical (unpaired) electrons. The fraction of sp³-hybridized carbons (Fsp3) is 0.429. The molecule has 1 heterocycles. The van der Waals surface area contributed by atoms with Gasteiger partial charge in [0.1, 0.15) is 5.75 Å². The van der Waals surface area contributed by atoms with Gasteiger partial charge in [-0.1, -0.05) is 11.2 Å². The minimum absolute atomic E-state index is 0.0504. The van der Waals surface area contributed by atoms with E-state index >= 15 is 0 Å². The predicted octanol–water partition coefficient (Wildman–Crippen LogP) is 1.44. The monoisotopic (exact) mass is 277 g/mol. The molecular weight excluding hydrogens is 258 g/mol. The first kappa shape index (κ1) is 14.2. The van der Waals surface area contributed by atoms with Crippen molar-refractivity contribution in [3.63, 3.8) is 0 Å². The maximum atomic E-state index is 12.5. The Morgan fingerprint density at radius 3 is 2.85 bits per heavy atom. The molecule has 0 bridgehead atoms. The Balaban J connectivity index is 2.27. The van der Waals surface area contributed by atoms with E-state index < -0.39 is 0 Å². The number of piperidine rings is 1. The number of hydrogen-bond donors (Lipinski definition) is 3. The normalized spacial score (nSPS) is 19.9. The van der Waals surface area contributed by atoms with E-state index in [9.17, 15) is 9.90 Å². The topological polar surface area (TPSA) is 99.2 Å². The number of benzene rings is 1. The number of nitrogens with two attached hydrogens (primary N) is 1. The molecule has 1 aliphatic heterocycles. The molecule has 1 atom stereocenters. The van der Waals surface area contributed by atoms with Crippen molar-refractivity contribution >= 4 is 11.7 Å². The van der Waals surface area contributed by atoms with E-state index in [1.54, 1.807) is 24.0 Å². The summed E-state index contributed by atoms with van der Waals surface area (Å²) in [4.78, 5) is 14.1. The van der Waals surface area contributed by atoms with Crippen molar-refractivity contribution in [2.75, 3.05) is 6.54 Å². The molecule has 20 heavy (non-hydrogen) atoms. The lowest BCUT2D eigenvalue weighted by atomic mass is 9.99. The molecule has 0 aromatic heterocycles. The zero-order chi connectivity index (χ0) is 14.7. The molecule has 1 unspecified atom stereocenters. The summed E-state index contributed by atoms with van der Waals surface area (Å²) in [5.74, 6) is -0.0702. The fourth-order valence-electron chi connectivity index (χ4n) is 2.46. The van der Waals surface area contributed by atoms with Crippen LogP contribution < -0.4 is 5.73 Å². The minimum atomic E-state index is -0.385. The molecule has 4 N–H and O–H groups in total. The number of aryl methyl sites for hydroxylation is 1. The minimum Gasteiger partial charge on any atom is -0.508 e. The van der Waals surface area contributed by atoms with Gasteiger partial charge in [0.2, 0.25) is 0 Å². The second-order valence-electron chi connectivity index (χ2n) is 5.04. The van der Waals surface area contributed by atoms with Gasteiger partial charge >= 0.3 is 0 Å². The number of carbonyl (C=O) groups excluding carboxylic acids is 1. The van der Waals surface area contributed by atoms with Crippen molar-refractivity contribution in [1.29, 1.82) is 0 Å². The molecule has 1 fully saturated rings. The van der Waals surface area contributed by atoms with Crippen molar-refractivity contribution in [1.82, 2.24) is 4.90 Å². The molecule has 6 heteroatoms. The van der Waals surface area contributed by atoms with E-state index in [1.807, 2.05) is 0 Å². The number of aromatic hydroxyl groups is 1. The highest BCUT2D eigenvalue weighted by molar-refractivity contribution is 5.98. The number of likely N-dealkylation sites (tertiary alicyclic amines) is 1. The summed E-state index contributed by atoms with van der Waals surface area (Å²) in [7, 11) is 0. The van der Waals surface area contributed by atoms with E-state index in [0.717, 1.165) is 12.8 Å². The van der Waals surface area contributed by atoms with Gasteiger partial charge in [0.05, 0.1) is 6.04 Å². The first-order valence-electron chi connectivity index (χ1n) is 6.62. The summed E-state index contributed by atoms with van der Waals surface area (Å²) >= 11 is 0. The summed E-state index contributed by atoms with van der Waals surface area (Å²) < 4.78 is 0. The van der Waals surface area contributed by atoms with Crippen molar-refractivity contribution in [3.8, 4) is 5.75 Å². The molecule has 1 saturated heterocycles. The highest BCUT2D eigenvalue weighted by Crippen LogP contribution is 2.23. The van der Waals surface area contributed by atoms with Gasteiger partial charge in [0, 0.05) is 12.1 Å². The Morgan fingerprint density at radius 1 is 1.45 bits per heavy atom. The van der Waals surface area contributed by atoms with Crippen LogP contribution in [-0.4, -0.2) is 39.5 Å². The third-order valence-electron chi connectivity index (χ3n) is 3.68. The van der Waals surface area contributed by atoms with E-state index in [4.69, 9.17) is 10.9 Å². The molecule has 0 spiro atoms. The van der Waals surface area contributed by atoms with Crippen LogP contribution in [0.1, 0.15) is 35.2 Å². The zero-order valence-electron chi connectivity index (χ0n) is 11.4. The number of phenolic OH excluding ortho intramolecular Hbond substituents is 1. The molecule has 1 aromatic carbocycles. The number of nitrogens with zero attached hydrogens (tertiary/aromatic N) is 2. The number of oxime groups is 1. The molecule has 1 aliphatic rings. The van der Waals surface area contributed by atoms with Gasteiger partial charge in [0.25, 0.3) is 5.91 Å². The summed E-state index contributed by atoms with van der Waals surface area (Å²) in [5.41, 5.74) is 6.79. The second kappa shape index (κ2) is 5.81. The van der Waals surface area contributed by atoms with Crippen molar-refractivity contribution < 1.29 is 15.1 Å². The van der Waals surface area contributed by atoms with Crippen LogP contribution in [-0.2, 0) is 0 Å². The van der Waals surface area contributed by atoms with Crippen LogP contribution in [0.25, 0.3) is 0 Å². The van der Waals surface area contributed by atoms with Gasteiger partial charge in [-0.15, -0.1) is 0 Å². The van der Waals surface area contributed by atoms with E-state index in [0.29, 0.717) is 24.1 Å². The SMILES string of the molecule is Cc1ccc(C(=O)N2CCCCC2C(N)=NO)cc1O. The summed E-state index contributed by atoms with van der Waals surface area (Å²) in [6.07, 6.45) is 2.50. The Labute approximate surface area is 117 Å². The third-order valence-corrected chi connectivity index (χ3v) is 3.68. The third kappa shape index (κ3) is 2.68. The Kier molecular flexibility index (Phi) is 4.12. The van der Waals surface area contributed by atoms with Gasteiger partial charge in [-0.3, -0.25) is 4.79 Å². The zero-order valence-corrected chi connectivity index (χ0v) is 11.4. The lowest BCUT2D eigenvalue weighted by molar-refractivity contribution is 0.0676. The van der Waals surface area contributed by atoms with Gasteiger partial charge in [-0.2, -0.15) is 0 Å². The van der Waals surface area contributed by atoms with Crippen LogP contribution >= 0.6 is 0 Å². The number of carbonyl (C=O) groups is 1. The predicted molar refractivity (Wildman–Crippen MR) is 74.9 cm³/mol. The van der Waals surface area contributed by atoms with Crippen LogP contribution in [0.5, 0.6) is 5.75 Å². The average Bonchev–Trinajstić information content (AvgIpc) is 2.48. The molecule has 0 aliphatic carbocycles. The second-order valence-corrected chi connectivity index (χ2v) is 5.04. The number of amidine groups is 1. The first-order valence-corrected chi connectivity index (χ1v) is 6.62. The summed E-state index contributed by atoms with van der Waals surface area (Å²) in [5, 5.41) is 21.6. The van der Waals surface area contributed by atoms with Gasteiger partial charge in [-0.25, -0.2) is 0 Å². The van der Waals surface area contributed by atoms with E-state index in [-0.39, 0.29) is 23.5 Å². The highest BCUT2D eigenvalue weighted by Gasteiger charge is 2.30. The number of phenols is 1. The van der Waals surface area contributed by atoms with Crippen LogP contribution in [0.3, 0.4) is 0 Å². The Morgan fingerprint density at radius 2 is 2.20 bits per heavy atom. The number of amides is 1. The number of rotatable bonds is 2. The molecule has 6 nitrogen and oxygen atoms in total. The Hall–Kier alpha value is -2.24. The standard InChI is InChI=1S/C14H19N3O3/c1-9-5-6-10(8-12(9)18)14(19)17-7-3-2-4-11(17)13(15)16-20/h5-6,8,11,18,20H,2-4,7H2,1H3,(H2,15,16). The maximum absolute atomic E-state index is 12.5. The van der Waals surface area contributed by atoms with Crippen LogP contribution in [0.2, 0.25) is 0 Å². The molecule has 1 amide bonds.